The van der Waals surface area contributed by atoms with Gasteiger partial charge in [-0.05, 0) is 60.3 Å². The largest absolute Gasteiger partial charge is 0.469 e. The number of rotatable bonds is 8. The van der Waals surface area contributed by atoms with Crippen LogP contribution in [0.25, 0.3) is 22.4 Å². The maximum absolute atomic E-state index is 15.0. The molecule has 3 aromatic heterocycles. The third kappa shape index (κ3) is 4.92. The summed E-state index contributed by atoms with van der Waals surface area (Å²) in [6.45, 7) is 0. The molecule has 3 aromatic carbocycles. The summed E-state index contributed by atoms with van der Waals surface area (Å²) in [4.78, 5) is 27.1. The number of carbonyl (C=O) groups is 1. The summed E-state index contributed by atoms with van der Waals surface area (Å²) in [6, 6.07) is 31.9. The van der Waals surface area contributed by atoms with Crippen molar-refractivity contribution >= 4 is 22.8 Å². The van der Waals surface area contributed by atoms with E-state index < -0.39 is 11.4 Å². The first-order valence-electron chi connectivity index (χ1n) is 16.5. The summed E-state index contributed by atoms with van der Waals surface area (Å²) >= 11 is 0. The monoisotopic (exact) mass is 638 g/mol. The van der Waals surface area contributed by atoms with Crippen molar-refractivity contribution in [1.82, 2.24) is 24.7 Å². The molecule has 48 heavy (non-hydrogen) atoms. The minimum absolute atomic E-state index is 0.107. The molecule has 3 fully saturated rings. The van der Waals surface area contributed by atoms with Crippen LogP contribution >= 0.6 is 0 Å². The molecule has 0 aliphatic heterocycles. The number of ether oxygens (including phenoxy) is 1. The van der Waals surface area contributed by atoms with E-state index >= 15 is 4.39 Å². The van der Waals surface area contributed by atoms with E-state index in [0.29, 0.717) is 34.2 Å². The third-order valence-corrected chi connectivity index (χ3v) is 10.3. The van der Waals surface area contributed by atoms with Gasteiger partial charge in [-0.15, -0.1) is 0 Å². The zero-order chi connectivity index (χ0) is 32.7. The van der Waals surface area contributed by atoms with Crippen LogP contribution in [0.2, 0.25) is 0 Å². The molecule has 0 unspecified atom stereocenters. The zero-order valence-electron chi connectivity index (χ0n) is 26.5. The zero-order valence-corrected chi connectivity index (χ0v) is 26.5. The van der Waals surface area contributed by atoms with E-state index in [4.69, 9.17) is 14.8 Å². The number of carbonyl (C=O) groups excluding carboxylic acids is 1. The van der Waals surface area contributed by atoms with Gasteiger partial charge in [-0.2, -0.15) is 5.10 Å². The van der Waals surface area contributed by atoms with Crippen LogP contribution in [0.15, 0.2) is 116 Å². The molecule has 3 heterocycles. The molecule has 8 nitrogen and oxygen atoms in total. The first-order chi connectivity index (χ1) is 23.6. The molecule has 2 bridgehead atoms. The van der Waals surface area contributed by atoms with Crippen LogP contribution in [-0.4, -0.2) is 43.9 Å². The van der Waals surface area contributed by atoms with E-state index in [1.54, 1.807) is 12.4 Å². The molecule has 2 atom stereocenters. The minimum Gasteiger partial charge on any atom is -0.469 e. The fourth-order valence-electron chi connectivity index (χ4n) is 8.16. The fourth-order valence-corrected chi connectivity index (χ4v) is 8.16. The van der Waals surface area contributed by atoms with Crippen LogP contribution in [0, 0.1) is 23.6 Å². The van der Waals surface area contributed by atoms with Gasteiger partial charge in [-0.1, -0.05) is 91.0 Å². The second kappa shape index (κ2) is 12.3. The number of hydrogen-bond acceptors (Lipinski definition) is 7. The van der Waals surface area contributed by atoms with E-state index in [0.717, 1.165) is 42.4 Å². The number of anilines is 1. The topological polar surface area (TPSA) is 94.8 Å². The first kappa shape index (κ1) is 29.9. The highest BCUT2D eigenvalue weighted by atomic mass is 19.1. The summed E-state index contributed by atoms with van der Waals surface area (Å²) in [7, 11) is 1.46. The molecule has 3 aliphatic carbocycles. The van der Waals surface area contributed by atoms with Crippen LogP contribution in [-0.2, 0) is 15.1 Å². The van der Waals surface area contributed by atoms with Gasteiger partial charge >= 0.3 is 5.97 Å². The summed E-state index contributed by atoms with van der Waals surface area (Å²) in [5, 5.41) is 9.34. The van der Waals surface area contributed by atoms with Crippen molar-refractivity contribution in [3.05, 3.63) is 138 Å². The van der Waals surface area contributed by atoms with E-state index in [9.17, 15) is 4.79 Å². The van der Waals surface area contributed by atoms with Crippen LogP contribution in [0.5, 0.6) is 0 Å². The van der Waals surface area contributed by atoms with Gasteiger partial charge < -0.3 is 10.1 Å². The lowest BCUT2D eigenvalue weighted by molar-refractivity contribution is -0.152. The molecule has 0 radical (unpaired) electrons. The van der Waals surface area contributed by atoms with Gasteiger partial charge in [0.15, 0.2) is 5.65 Å². The standard InChI is InChI=1S/C39H35FN6O2/c1-48-38(47)34-25-17-19-26(20-18-25)35(34)44-33-24-41-23-32(43-33)36-31-21-30(40)22-42-37(31)46(45-36)39(27-11-5-2-6-12-27,28-13-7-3-8-14-28)29-15-9-4-10-16-29/h2-16,21-26,34-35H,17-20H2,1H3,(H,43,44)/t25?,26?,34-,35-/m0/s1. The normalized spacial score (nSPS) is 20.5. The van der Waals surface area contributed by atoms with Gasteiger partial charge in [0.05, 0.1) is 37.0 Å². The lowest BCUT2D eigenvalue weighted by Crippen LogP contribution is -2.51. The van der Waals surface area contributed by atoms with Crippen molar-refractivity contribution in [1.29, 1.82) is 0 Å². The number of nitrogens with zero attached hydrogens (tertiary/aromatic N) is 5. The van der Waals surface area contributed by atoms with E-state index in [2.05, 4.69) is 51.7 Å². The summed E-state index contributed by atoms with van der Waals surface area (Å²) in [5.74, 6) is 0.254. The number of methoxy groups -OCH3 is 1. The summed E-state index contributed by atoms with van der Waals surface area (Å²) in [5.41, 5.74) is 3.35. The maximum atomic E-state index is 15.0. The van der Waals surface area contributed by atoms with Crippen LogP contribution in [0.4, 0.5) is 10.2 Å². The number of esters is 1. The lowest BCUT2D eigenvalue weighted by atomic mass is 9.61. The Morgan fingerprint density at radius 2 is 1.42 bits per heavy atom. The molecule has 9 rings (SSSR count). The van der Waals surface area contributed by atoms with Gasteiger partial charge in [-0.25, -0.2) is 19.0 Å². The Bertz CT molecular complexity index is 1970. The Morgan fingerprint density at radius 3 is 2.00 bits per heavy atom. The fraction of sp³-hybridized carbons (Fsp3) is 0.256. The Hall–Kier alpha value is -5.44. The van der Waals surface area contributed by atoms with Crippen molar-refractivity contribution in [2.24, 2.45) is 17.8 Å². The maximum Gasteiger partial charge on any atom is 0.311 e. The SMILES string of the molecule is COC(=O)[C@H]1C2CCC(CC2)[C@@H]1Nc1cncc(-c2nn(C(c3ccccc3)(c3ccccc3)c3ccccc3)c3ncc(F)cc23)n1. The molecule has 9 heteroatoms. The quantitative estimate of drug-likeness (QED) is 0.139. The predicted molar refractivity (Wildman–Crippen MR) is 181 cm³/mol. The number of nitrogens with one attached hydrogen (secondary N) is 1. The smallest absolute Gasteiger partial charge is 0.311 e. The first-order valence-corrected chi connectivity index (χ1v) is 16.5. The predicted octanol–water partition coefficient (Wildman–Crippen LogP) is 7.26. The average molecular weight is 639 g/mol. The molecule has 6 aromatic rings. The Labute approximate surface area is 278 Å². The summed E-state index contributed by atoms with van der Waals surface area (Å²) < 4.78 is 22.2. The van der Waals surface area contributed by atoms with Gasteiger partial charge in [0.1, 0.15) is 28.6 Å². The molecule has 0 saturated heterocycles. The number of aromatic nitrogens is 5. The minimum atomic E-state index is -0.969. The van der Waals surface area contributed by atoms with Gasteiger partial charge in [0, 0.05) is 6.04 Å². The van der Waals surface area contributed by atoms with Crippen molar-refractivity contribution in [2.75, 3.05) is 12.4 Å². The van der Waals surface area contributed by atoms with Crippen molar-refractivity contribution in [3.63, 3.8) is 0 Å². The van der Waals surface area contributed by atoms with E-state index in [1.807, 2.05) is 59.3 Å². The Morgan fingerprint density at radius 1 is 0.833 bits per heavy atom. The highest BCUT2D eigenvalue weighted by Crippen LogP contribution is 2.47. The molecule has 3 saturated carbocycles. The van der Waals surface area contributed by atoms with Gasteiger partial charge in [0.2, 0.25) is 0 Å². The molecule has 1 N–H and O–H groups in total. The van der Waals surface area contributed by atoms with Gasteiger partial charge in [-0.3, -0.25) is 9.78 Å². The molecule has 3 aliphatic rings. The molecule has 0 spiro atoms. The van der Waals surface area contributed by atoms with Crippen LogP contribution < -0.4 is 5.32 Å². The molecule has 0 amide bonds. The highest BCUT2D eigenvalue weighted by molar-refractivity contribution is 5.91. The van der Waals surface area contributed by atoms with Crippen LogP contribution in [0.3, 0.4) is 0 Å². The van der Waals surface area contributed by atoms with Crippen molar-refractivity contribution in [3.8, 4) is 11.4 Å². The number of fused-ring (bicyclic) bond motifs is 4. The average Bonchev–Trinajstić information content (AvgIpc) is 3.52. The van der Waals surface area contributed by atoms with Crippen LogP contribution in [0.1, 0.15) is 42.4 Å². The Kier molecular flexibility index (Phi) is 7.67. The number of pyridine rings is 1. The highest BCUT2D eigenvalue weighted by Gasteiger charge is 2.48. The van der Waals surface area contributed by atoms with Crippen molar-refractivity contribution in [2.45, 2.75) is 37.3 Å². The number of hydrogen-bond donors (Lipinski definition) is 1. The van der Waals surface area contributed by atoms with Crippen molar-refractivity contribution < 1.29 is 13.9 Å². The number of benzene rings is 3. The third-order valence-electron chi connectivity index (χ3n) is 10.3. The second-order valence-corrected chi connectivity index (χ2v) is 12.8. The molecular weight excluding hydrogens is 603 g/mol. The van der Waals surface area contributed by atoms with Gasteiger partial charge in [0.25, 0.3) is 0 Å². The Balaban J connectivity index is 1.32. The van der Waals surface area contributed by atoms with E-state index in [1.165, 1.54) is 19.4 Å². The molecule has 240 valence electrons. The summed E-state index contributed by atoms with van der Waals surface area (Å²) in [6.07, 6.45) is 8.71. The second-order valence-electron chi connectivity index (χ2n) is 12.8. The lowest BCUT2D eigenvalue weighted by Gasteiger charge is -2.47. The molecular formula is C39H35FN6O2. The van der Waals surface area contributed by atoms with E-state index in [-0.39, 0.29) is 23.8 Å². The number of halogens is 1.